The maximum atomic E-state index is 5.71. The Morgan fingerprint density at radius 1 is 1.14 bits per heavy atom. The Morgan fingerprint density at radius 3 is 2.21 bits per heavy atom. The molecule has 3 nitrogen and oxygen atoms in total. The fraction of sp³-hybridized carbons (Fsp3) is 0.800. The lowest BCUT2D eigenvalue weighted by Crippen LogP contribution is -2.07. The molecule has 0 atom stereocenters. The summed E-state index contributed by atoms with van der Waals surface area (Å²) < 4.78 is 1.41. The second kappa shape index (κ2) is 4.62. The van der Waals surface area contributed by atoms with Crippen molar-refractivity contribution in [1.29, 1.82) is 0 Å². The first-order valence-electron chi connectivity index (χ1n) is 5.19. The van der Waals surface area contributed by atoms with Crippen molar-refractivity contribution in [2.45, 2.75) is 40.5 Å². The third-order valence-corrected chi connectivity index (χ3v) is 2.07. The van der Waals surface area contributed by atoms with Crippen LogP contribution in [-0.2, 0) is 12.8 Å². The zero-order valence-corrected chi connectivity index (χ0v) is 9.49. The summed E-state index contributed by atoms with van der Waals surface area (Å²) in [6.07, 6.45) is 1.91. The summed E-state index contributed by atoms with van der Waals surface area (Å²) in [7, 11) is 5.71. The van der Waals surface area contributed by atoms with Gasteiger partial charge in [0.05, 0.1) is 5.69 Å². The minimum absolute atomic E-state index is 0.585. The van der Waals surface area contributed by atoms with E-state index in [-0.39, 0.29) is 0 Å². The molecule has 0 amide bonds. The van der Waals surface area contributed by atoms with Gasteiger partial charge in [-0.2, -0.15) is 0 Å². The maximum absolute atomic E-state index is 5.71. The Hall–Kier alpha value is -0.795. The van der Waals surface area contributed by atoms with Crippen molar-refractivity contribution in [3.8, 4) is 0 Å². The topological polar surface area (TPSA) is 30.7 Å². The summed E-state index contributed by atoms with van der Waals surface area (Å²) in [6, 6.07) is 0. The predicted octanol–water partition coefficient (Wildman–Crippen LogP) is 1.61. The van der Waals surface area contributed by atoms with Crippen molar-refractivity contribution in [3.63, 3.8) is 0 Å². The van der Waals surface area contributed by atoms with Gasteiger partial charge >= 0.3 is 0 Å². The van der Waals surface area contributed by atoms with Crippen LogP contribution in [0.25, 0.3) is 0 Å². The van der Waals surface area contributed by atoms with Gasteiger partial charge in [-0.3, -0.25) is 0 Å². The highest BCUT2D eigenvalue weighted by molar-refractivity contribution is 6.06. The number of nitrogens with zero attached hydrogens (tertiary/aromatic N) is 3. The molecule has 1 aromatic heterocycles. The Labute approximate surface area is 87.3 Å². The highest BCUT2D eigenvalue weighted by Gasteiger charge is 2.12. The van der Waals surface area contributed by atoms with Gasteiger partial charge in [-0.1, -0.05) is 32.9 Å². The fourth-order valence-electron chi connectivity index (χ4n) is 1.49. The van der Waals surface area contributed by atoms with E-state index in [2.05, 4.69) is 38.0 Å². The van der Waals surface area contributed by atoms with Gasteiger partial charge < -0.3 is 4.59 Å². The second-order valence-electron chi connectivity index (χ2n) is 4.62. The van der Waals surface area contributed by atoms with E-state index < -0.39 is 0 Å². The van der Waals surface area contributed by atoms with Crippen LogP contribution in [0.4, 0.5) is 0 Å². The van der Waals surface area contributed by atoms with Gasteiger partial charge in [-0.15, -0.1) is 5.10 Å². The first kappa shape index (κ1) is 11.3. The first-order valence-corrected chi connectivity index (χ1v) is 5.19. The molecule has 0 aliphatic rings. The molecule has 0 unspecified atom stereocenters. The van der Waals surface area contributed by atoms with Crippen LogP contribution in [0.1, 0.15) is 39.1 Å². The molecule has 4 heteroatoms. The fourth-order valence-corrected chi connectivity index (χ4v) is 1.49. The monoisotopic (exact) mass is 191 g/mol. The van der Waals surface area contributed by atoms with Gasteiger partial charge in [0.1, 0.15) is 0 Å². The van der Waals surface area contributed by atoms with Crippen LogP contribution in [-0.4, -0.2) is 22.9 Å². The standard InChI is InChI=1S/C10H18BN3/c1-7(2)5-9-10(6-8(3)4)14(11)13-12-9/h7-8H,5-6H2,1-4H3. The molecule has 1 aromatic rings. The Balaban J connectivity index is 2.82. The lowest BCUT2D eigenvalue weighted by molar-refractivity contribution is 0.601. The molecular weight excluding hydrogens is 173 g/mol. The largest absolute Gasteiger partial charge is 0.308 e. The van der Waals surface area contributed by atoms with E-state index in [1.807, 2.05) is 0 Å². The van der Waals surface area contributed by atoms with Crippen LogP contribution in [0.2, 0.25) is 0 Å². The lowest BCUT2D eigenvalue weighted by atomic mass is 10.0. The van der Waals surface area contributed by atoms with Crippen LogP contribution in [0, 0.1) is 11.8 Å². The summed E-state index contributed by atoms with van der Waals surface area (Å²) in [6.45, 7) is 8.70. The molecule has 0 spiro atoms. The quantitative estimate of drug-likeness (QED) is 0.677. The summed E-state index contributed by atoms with van der Waals surface area (Å²) >= 11 is 0. The van der Waals surface area contributed by atoms with Crippen molar-refractivity contribution in [2.75, 3.05) is 0 Å². The highest BCUT2D eigenvalue weighted by Crippen LogP contribution is 2.14. The summed E-state index contributed by atoms with van der Waals surface area (Å²) in [5.74, 6) is 1.18. The molecule has 1 rings (SSSR count). The van der Waals surface area contributed by atoms with Gasteiger partial charge in [0, 0.05) is 5.69 Å². The second-order valence-corrected chi connectivity index (χ2v) is 4.62. The summed E-state index contributed by atoms with van der Waals surface area (Å²) in [5, 5.41) is 7.96. The van der Waals surface area contributed by atoms with Crippen LogP contribution in [0.15, 0.2) is 0 Å². The SMILES string of the molecule is [B]n1nnc(CC(C)C)c1CC(C)C. The Morgan fingerprint density at radius 2 is 1.71 bits per heavy atom. The molecular formula is C10H18BN3. The minimum Gasteiger partial charge on any atom is -0.308 e. The molecule has 76 valence electrons. The summed E-state index contributed by atoms with van der Waals surface area (Å²) in [5.41, 5.74) is 2.13. The molecule has 1 heterocycles. The molecule has 14 heavy (non-hydrogen) atoms. The predicted molar refractivity (Wildman–Crippen MR) is 58.3 cm³/mol. The molecule has 0 bridgehead atoms. The average Bonchev–Trinajstić information content (AvgIpc) is 2.34. The highest BCUT2D eigenvalue weighted by atomic mass is 15.4. The molecule has 2 radical (unpaired) electrons. The molecule has 0 aliphatic heterocycles. The van der Waals surface area contributed by atoms with E-state index in [9.17, 15) is 0 Å². The summed E-state index contributed by atoms with van der Waals surface area (Å²) in [4.78, 5) is 0. The molecule has 0 aromatic carbocycles. The third kappa shape index (κ3) is 2.86. The van der Waals surface area contributed by atoms with Crippen LogP contribution < -0.4 is 0 Å². The van der Waals surface area contributed by atoms with E-state index in [1.54, 1.807) is 0 Å². The average molecular weight is 191 g/mol. The molecule has 0 saturated carbocycles. The number of rotatable bonds is 4. The molecule has 0 N–H and O–H groups in total. The van der Waals surface area contributed by atoms with Crippen molar-refractivity contribution >= 4 is 7.98 Å². The Kier molecular flexibility index (Phi) is 3.73. The van der Waals surface area contributed by atoms with Gasteiger partial charge in [-0.25, -0.2) is 0 Å². The minimum atomic E-state index is 0.585. The van der Waals surface area contributed by atoms with Crippen molar-refractivity contribution in [1.82, 2.24) is 14.9 Å². The number of hydrogen-bond donors (Lipinski definition) is 0. The molecule has 0 fully saturated rings. The van der Waals surface area contributed by atoms with E-state index in [1.165, 1.54) is 4.59 Å². The zero-order valence-electron chi connectivity index (χ0n) is 9.49. The van der Waals surface area contributed by atoms with E-state index in [0.717, 1.165) is 24.2 Å². The lowest BCUT2D eigenvalue weighted by Gasteiger charge is -2.08. The smallest absolute Gasteiger partial charge is 0.267 e. The van der Waals surface area contributed by atoms with Crippen molar-refractivity contribution in [2.24, 2.45) is 11.8 Å². The molecule has 0 aliphatic carbocycles. The van der Waals surface area contributed by atoms with E-state index in [0.29, 0.717) is 11.8 Å². The van der Waals surface area contributed by atoms with Gasteiger partial charge in [-0.05, 0) is 24.7 Å². The third-order valence-electron chi connectivity index (χ3n) is 2.07. The van der Waals surface area contributed by atoms with Gasteiger partial charge in [0.2, 0.25) is 0 Å². The molecule has 0 saturated heterocycles. The maximum Gasteiger partial charge on any atom is 0.267 e. The Bertz CT molecular complexity index is 292. The van der Waals surface area contributed by atoms with Crippen molar-refractivity contribution < 1.29 is 0 Å². The number of aromatic nitrogens is 3. The van der Waals surface area contributed by atoms with Gasteiger partial charge in [0.25, 0.3) is 7.98 Å². The number of hydrogen-bond acceptors (Lipinski definition) is 2. The normalized spacial score (nSPS) is 11.6. The zero-order chi connectivity index (χ0) is 10.7. The first-order chi connectivity index (χ1) is 6.50. The van der Waals surface area contributed by atoms with Gasteiger partial charge in [0.15, 0.2) is 0 Å². The van der Waals surface area contributed by atoms with Crippen LogP contribution in [0.3, 0.4) is 0 Å². The van der Waals surface area contributed by atoms with Crippen LogP contribution in [0.5, 0.6) is 0 Å². The van der Waals surface area contributed by atoms with Crippen LogP contribution >= 0.6 is 0 Å². The van der Waals surface area contributed by atoms with Crippen molar-refractivity contribution in [3.05, 3.63) is 11.4 Å². The van der Waals surface area contributed by atoms with E-state index in [4.69, 9.17) is 7.98 Å². The van der Waals surface area contributed by atoms with E-state index >= 15 is 0 Å².